The molecule has 1 atom stereocenters. The summed E-state index contributed by atoms with van der Waals surface area (Å²) in [5, 5.41) is 14.6. The van der Waals surface area contributed by atoms with Crippen LogP contribution in [-0.4, -0.2) is 28.2 Å². The summed E-state index contributed by atoms with van der Waals surface area (Å²) in [7, 11) is 0. The van der Waals surface area contributed by atoms with E-state index in [2.05, 4.69) is 10.6 Å². The van der Waals surface area contributed by atoms with E-state index in [1.54, 1.807) is 30.3 Å². The molecule has 27 heavy (non-hydrogen) atoms. The van der Waals surface area contributed by atoms with Gasteiger partial charge in [-0.2, -0.15) is 0 Å². The Balaban J connectivity index is 2.04. The van der Waals surface area contributed by atoms with E-state index in [0.29, 0.717) is 17.0 Å². The highest BCUT2D eigenvalue weighted by atomic mass is 35.5. The second-order valence-electron chi connectivity index (χ2n) is 5.77. The van der Waals surface area contributed by atoms with E-state index in [1.165, 1.54) is 12.1 Å². The lowest BCUT2D eigenvalue weighted by Gasteiger charge is -2.14. The van der Waals surface area contributed by atoms with Gasteiger partial charge in [-0.05, 0) is 62.0 Å². The van der Waals surface area contributed by atoms with Crippen molar-refractivity contribution < 1.29 is 19.4 Å². The van der Waals surface area contributed by atoms with Gasteiger partial charge < -0.3 is 15.2 Å². The van der Waals surface area contributed by atoms with E-state index in [4.69, 9.17) is 33.7 Å². The number of hydrogen-bond acceptors (Lipinski definition) is 4. The van der Waals surface area contributed by atoms with E-state index < -0.39 is 11.9 Å². The molecule has 1 amide bonds. The molecule has 6 nitrogen and oxygen atoms in total. The third-order valence-corrected chi connectivity index (χ3v) is 4.22. The number of anilines is 1. The molecule has 2 aromatic carbocycles. The molecule has 0 aromatic heterocycles. The van der Waals surface area contributed by atoms with Crippen LogP contribution in [0.4, 0.5) is 5.69 Å². The van der Waals surface area contributed by atoms with Crippen LogP contribution in [0.15, 0.2) is 42.5 Å². The number of aromatic carboxylic acids is 1. The third-order valence-electron chi connectivity index (χ3n) is 3.69. The van der Waals surface area contributed by atoms with Gasteiger partial charge in [0.2, 0.25) is 0 Å². The largest absolute Gasteiger partial charge is 0.491 e. The van der Waals surface area contributed by atoms with Crippen molar-refractivity contribution in [1.82, 2.24) is 5.32 Å². The second kappa shape index (κ2) is 9.34. The molecule has 0 bridgehead atoms. The molecule has 2 aromatic rings. The van der Waals surface area contributed by atoms with Gasteiger partial charge in [-0.1, -0.05) is 24.6 Å². The van der Waals surface area contributed by atoms with Crippen LogP contribution in [0.1, 0.15) is 41.0 Å². The van der Waals surface area contributed by atoms with Crippen molar-refractivity contribution in [1.29, 1.82) is 0 Å². The molecule has 0 saturated heterocycles. The van der Waals surface area contributed by atoms with E-state index >= 15 is 0 Å². The van der Waals surface area contributed by atoms with Crippen LogP contribution in [0.25, 0.3) is 0 Å². The maximum absolute atomic E-state index is 12.4. The average molecular weight is 407 g/mol. The van der Waals surface area contributed by atoms with Crippen LogP contribution < -0.4 is 15.4 Å². The Morgan fingerprint density at radius 1 is 1.26 bits per heavy atom. The van der Waals surface area contributed by atoms with Crippen molar-refractivity contribution in [2.75, 3.05) is 5.32 Å². The van der Waals surface area contributed by atoms with Crippen LogP contribution in [0, 0.1) is 0 Å². The number of nitrogens with one attached hydrogen (secondary N) is 2. The number of carboxylic acids is 1. The lowest BCUT2D eigenvalue weighted by Crippen LogP contribution is -2.34. The van der Waals surface area contributed by atoms with Crippen LogP contribution in [0.5, 0.6) is 5.75 Å². The number of halogens is 1. The summed E-state index contributed by atoms with van der Waals surface area (Å²) in [6.45, 7) is 3.96. The van der Waals surface area contributed by atoms with Crippen molar-refractivity contribution in [3.05, 3.63) is 58.6 Å². The highest BCUT2D eigenvalue weighted by molar-refractivity contribution is 7.80. The van der Waals surface area contributed by atoms with Crippen LogP contribution in [0.2, 0.25) is 5.02 Å². The van der Waals surface area contributed by atoms with Crippen molar-refractivity contribution >= 4 is 46.5 Å². The molecule has 0 saturated carbocycles. The van der Waals surface area contributed by atoms with Crippen molar-refractivity contribution in [3.8, 4) is 5.75 Å². The quantitative estimate of drug-likeness (QED) is 0.618. The van der Waals surface area contributed by atoms with Gasteiger partial charge in [-0.15, -0.1) is 0 Å². The molecule has 2 rings (SSSR count). The zero-order valence-corrected chi connectivity index (χ0v) is 16.4. The Kier molecular flexibility index (Phi) is 7.15. The summed E-state index contributed by atoms with van der Waals surface area (Å²) < 4.78 is 5.71. The lowest BCUT2D eigenvalue weighted by atomic mass is 10.2. The summed E-state index contributed by atoms with van der Waals surface area (Å²) >= 11 is 11.0. The minimum Gasteiger partial charge on any atom is -0.491 e. The van der Waals surface area contributed by atoms with Gasteiger partial charge >= 0.3 is 5.97 Å². The molecule has 0 fully saturated rings. The molecule has 0 spiro atoms. The Bertz CT molecular complexity index is 873. The normalized spacial score (nSPS) is 11.4. The third kappa shape index (κ3) is 5.94. The first kappa shape index (κ1) is 20.7. The van der Waals surface area contributed by atoms with Crippen LogP contribution in [-0.2, 0) is 0 Å². The molecular formula is C19H19ClN2O4S. The smallest absolute Gasteiger partial charge is 0.337 e. The fraction of sp³-hybridized carbons (Fsp3) is 0.211. The lowest BCUT2D eigenvalue weighted by molar-refractivity contribution is 0.0697. The zero-order valence-electron chi connectivity index (χ0n) is 14.8. The number of hydrogen-bond donors (Lipinski definition) is 3. The fourth-order valence-electron chi connectivity index (χ4n) is 2.13. The molecule has 0 radical (unpaired) electrons. The van der Waals surface area contributed by atoms with Crippen LogP contribution >= 0.6 is 23.8 Å². The minimum absolute atomic E-state index is 0.0342. The summed E-state index contributed by atoms with van der Waals surface area (Å²) in [5.41, 5.74) is 0.726. The second-order valence-corrected chi connectivity index (χ2v) is 6.59. The molecule has 0 heterocycles. The van der Waals surface area contributed by atoms with Gasteiger partial charge in [-0.3, -0.25) is 10.1 Å². The van der Waals surface area contributed by atoms with Crippen LogP contribution in [0.3, 0.4) is 0 Å². The van der Waals surface area contributed by atoms with Crippen molar-refractivity contribution in [3.63, 3.8) is 0 Å². The standard InChI is InChI=1S/C19H19ClN2O4S/c1-3-11(2)26-14-6-4-5-12(9-14)17(23)22-19(27)21-13-7-8-16(20)15(10-13)18(24)25/h4-11H,3H2,1-2H3,(H,24,25)(H2,21,22,23,27)/t11-/m1/s1. The highest BCUT2D eigenvalue weighted by Crippen LogP contribution is 2.21. The number of thiocarbonyl (C=S) groups is 1. The first-order valence-electron chi connectivity index (χ1n) is 8.22. The Labute approximate surface area is 167 Å². The number of carbonyl (C=O) groups excluding carboxylic acids is 1. The van der Waals surface area contributed by atoms with E-state index in [9.17, 15) is 9.59 Å². The molecule has 0 unspecified atom stereocenters. The Morgan fingerprint density at radius 2 is 2.00 bits per heavy atom. The molecular weight excluding hydrogens is 388 g/mol. The first-order valence-corrected chi connectivity index (χ1v) is 9.00. The minimum atomic E-state index is -1.16. The highest BCUT2D eigenvalue weighted by Gasteiger charge is 2.12. The number of carbonyl (C=O) groups is 2. The van der Waals surface area contributed by atoms with E-state index in [-0.39, 0.29) is 21.8 Å². The SMILES string of the molecule is CC[C@@H](C)Oc1cccc(C(=O)NC(=S)Nc2ccc(Cl)c(C(=O)O)c2)c1. The Hall–Kier alpha value is -2.64. The van der Waals surface area contributed by atoms with Crippen molar-refractivity contribution in [2.24, 2.45) is 0 Å². The first-order chi connectivity index (χ1) is 12.8. The topological polar surface area (TPSA) is 87.7 Å². The van der Waals surface area contributed by atoms with Gasteiger partial charge in [0.15, 0.2) is 5.11 Å². The predicted octanol–water partition coefficient (Wildman–Crippen LogP) is 4.34. The summed E-state index contributed by atoms with van der Waals surface area (Å²) in [6, 6.07) is 11.1. The molecule has 142 valence electrons. The van der Waals surface area contributed by atoms with E-state index in [0.717, 1.165) is 6.42 Å². The molecule has 0 aliphatic rings. The molecule has 3 N–H and O–H groups in total. The molecule has 0 aliphatic carbocycles. The number of rotatable bonds is 6. The monoisotopic (exact) mass is 406 g/mol. The molecule has 8 heteroatoms. The zero-order chi connectivity index (χ0) is 20.0. The summed E-state index contributed by atoms with van der Waals surface area (Å²) in [5.74, 6) is -0.967. The van der Waals surface area contributed by atoms with Gasteiger partial charge in [0, 0.05) is 11.3 Å². The maximum Gasteiger partial charge on any atom is 0.337 e. The number of benzene rings is 2. The Morgan fingerprint density at radius 3 is 2.67 bits per heavy atom. The van der Waals surface area contributed by atoms with Gasteiger partial charge in [0.25, 0.3) is 5.91 Å². The van der Waals surface area contributed by atoms with Gasteiger partial charge in [0.05, 0.1) is 16.7 Å². The van der Waals surface area contributed by atoms with Crippen molar-refractivity contribution in [2.45, 2.75) is 26.4 Å². The van der Waals surface area contributed by atoms with Gasteiger partial charge in [-0.25, -0.2) is 4.79 Å². The summed E-state index contributed by atoms with van der Waals surface area (Å²) in [6.07, 6.45) is 0.892. The van der Waals surface area contributed by atoms with E-state index in [1.807, 2.05) is 13.8 Å². The number of ether oxygens (including phenoxy) is 1. The summed E-state index contributed by atoms with van der Waals surface area (Å²) in [4.78, 5) is 23.5. The molecule has 0 aliphatic heterocycles. The fourth-order valence-corrected chi connectivity index (χ4v) is 2.54. The predicted molar refractivity (Wildman–Crippen MR) is 109 cm³/mol. The average Bonchev–Trinajstić information content (AvgIpc) is 2.63. The number of carboxylic acid groups (broad SMARTS) is 1. The maximum atomic E-state index is 12.4. The van der Waals surface area contributed by atoms with Gasteiger partial charge in [0.1, 0.15) is 5.75 Å². The number of amides is 1.